The van der Waals surface area contributed by atoms with E-state index in [4.69, 9.17) is 11.6 Å². The number of halogens is 1. The summed E-state index contributed by atoms with van der Waals surface area (Å²) >= 11 is 5.79. The number of aromatic nitrogens is 3. The van der Waals surface area contributed by atoms with Crippen LogP contribution in [0.25, 0.3) is 10.9 Å². The van der Waals surface area contributed by atoms with Crippen LogP contribution in [0.1, 0.15) is 6.92 Å². The standard InChI is InChI=1S/C9H8ClN3O/c1-2-13-9(14)7-5-6(10)3-4-8(7)11-12-13/h3-5H,2H2,1H3. The molecule has 0 aliphatic heterocycles. The highest BCUT2D eigenvalue weighted by Gasteiger charge is 2.04. The maximum absolute atomic E-state index is 11.7. The number of benzene rings is 1. The van der Waals surface area contributed by atoms with Gasteiger partial charge < -0.3 is 0 Å². The third kappa shape index (κ3) is 1.37. The first-order valence-electron chi connectivity index (χ1n) is 4.25. The predicted molar refractivity (Wildman–Crippen MR) is 54.5 cm³/mol. The molecule has 0 saturated carbocycles. The smallest absolute Gasteiger partial charge is 0.267 e. The highest BCUT2D eigenvalue weighted by atomic mass is 35.5. The van der Waals surface area contributed by atoms with Gasteiger partial charge in [-0.1, -0.05) is 16.8 Å². The van der Waals surface area contributed by atoms with Crippen LogP contribution in [0.5, 0.6) is 0 Å². The molecule has 2 rings (SSSR count). The minimum atomic E-state index is -0.153. The first-order valence-corrected chi connectivity index (χ1v) is 4.63. The summed E-state index contributed by atoms with van der Waals surface area (Å²) in [6.07, 6.45) is 0. The fourth-order valence-electron chi connectivity index (χ4n) is 1.26. The van der Waals surface area contributed by atoms with Crippen LogP contribution in [-0.2, 0) is 6.54 Å². The highest BCUT2D eigenvalue weighted by Crippen LogP contribution is 2.13. The van der Waals surface area contributed by atoms with Crippen molar-refractivity contribution in [2.24, 2.45) is 0 Å². The van der Waals surface area contributed by atoms with Gasteiger partial charge in [-0.25, -0.2) is 4.68 Å². The van der Waals surface area contributed by atoms with E-state index in [1.165, 1.54) is 4.68 Å². The van der Waals surface area contributed by atoms with Gasteiger partial charge in [-0.05, 0) is 25.1 Å². The van der Waals surface area contributed by atoms with Gasteiger partial charge in [0.1, 0.15) is 5.52 Å². The lowest BCUT2D eigenvalue weighted by Gasteiger charge is -2.00. The van der Waals surface area contributed by atoms with E-state index in [0.29, 0.717) is 22.5 Å². The van der Waals surface area contributed by atoms with Crippen molar-refractivity contribution in [2.45, 2.75) is 13.5 Å². The molecule has 0 aliphatic rings. The van der Waals surface area contributed by atoms with Crippen molar-refractivity contribution in [3.63, 3.8) is 0 Å². The van der Waals surface area contributed by atoms with Gasteiger partial charge in [0.05, 0.1) is 5.39 Å². The van der Waals surface area contributed by atoms with Gasteiger partial charge in [0, 0.05) is 11.6 Å². The molecular weight excluding hydrogens is 202 g/mol. The lowest BCUT2D eigenvalue weighted by atomic mass is 10.2. The van der Waals surface area contributed by atoms with Crippen LogP contribution in [0.15, 0.2) is 23.0 Å². The fourth-order valence-corrected chi connectivity index (χ4v) is 1.43. The van der Waals surface area contributed by atoms with E-state index in [1.807, 2.05) is 6.92 Å². The molecule has 0 amide bonds. The van der Waals surface area contributed by atoms with Crippen molar-refractivity contribution in [1.82, 2.24) is 15.0 Å². The first kappa shape index (κ1) is 9.15. The maximum atomic E-state index is 11.7. The number of hydrogen-bond donors (Lipinski definition) is 0. The van der Waals surface area contributed by atoms with Gasteiger partial charge >= 0.3 is 0 Å². The zero-order valence-electron chi connectivity index (χ0n) is 7.57. The molecule has 0 bridgehead atoms. The van der Waals surface area contributed by atoms with E-state index in [-0.39, 0.29) is 5.56 Å². The van der Waals surface area contributed by atoms with Gasteiger partial charge in [0.15, 0.2) is 0 Å². The number of rotatable bonds is 1. The highest BCUT2D eigenvalue weighted by molar-refractivity contribution is 6.31. The average Bonchev–Trinajstić information content (AvgIpc) is 2.20. The monoisotopic (exact) mass is 209 g/mol. The zero-order valence-corrected chi connectivity index (χ0v) is 8.32. The molecule has 1 aromatic carbocycles. The molecule has 0 unspecified atom stereocenters. The van der Waals surface area contributed by atoms with Gasteiger partial charge in [-0.3, -0.25) is 4.79 Å². The van der Waals surface area contributed by atoms with Crippen LogP contribution in [0.2, 0.25) is 5.02 Å². The Balaban J connectivity index is 2.87. The predicted octanol–water partition coefficient (Wildman–Crippen LogP) is 1.46. The molecule has 2 aromatic rings. The second kappa shape index (κ2) is 3.38. The van der Waals surface area contributed by atoms with Gasteiger partial charge in [-0.15, -0.1) is 5.10 Å². The lowest BCUT2D eigenvalue weighted by Crippen LogP contribution is -2.23. The third-order valence-electron chi connectivity index (χ3n) is 1.98. The molecule has 0 radical (unpaired) electrons. The third-order valence-corrected chi connectivity index (χ3v) is 2.22. The normalized spacial score (nSPS) is 10.7. The summed E-state index contributed by atoms with van der Waals surface area (Å²) in [7, 11) is 0. The van der Waals surface area contributed by atoms with Crippen LogP contribution in [0.3, 0.4) is 0 Å². The zero-order chi connectivity index (χ0) is 10.1. The summed E-state index contributed by atoms with van der Waals surface area (Å²) in [4.78, 5) is 11.7. The fraction of sp³-hybridized carbons (Fsp3) is 0.222. The molecule has 0 fully saturated rings. The Labute approximate surface area is 85.1 Å². The quantitative estimate of drug-likeness (QED) is 0.715. The minimum absolute atomic E-state index is 0.153. The minimum Gasteiger partial charge on any atom is -0.267 e. The van der Waals surface area contributed by atoms with Gasteiger partial charge in [-0.2, -0.15) is 0 Å². The molecule has 14 heavy (non-hydrogen) atoms. The Kier molecular flexibility index (Phi) is 2.21. The van der Waals surface area contributed by atoms with Gasteiger partial charge in [0.2, 0.25) is 0 Å². The number of fused-ring (bicyclic) bond motifs is 1. The Morgan fingerprint density at radius 3 is 3.00 bits per heavy atom. The molecule has 0 atom stereocenters. The number of hydrogen-bond acceptors (Lipinski definition) is 3. The molecule has 0 spiro atoms. The number of nitrogens with zero attached hydrogens (tertiary/aromatic N) is 3. The van der Waals surface area contributed by atoms with E-state index in [0.717, 1.165) is 0 Å². The summed E-state index contributed by atoms with van der Waals surface area (Å²) < 4.78 is 1.30. The summed E-state index contributed by atoms with van der Waals surface area (Å²) in [6.45, 7) is 2.35. The van der Waals surface area contributed by atoms with E-state index in [9.17, 15) is 4.79 Å². The summed E-state index contributed by atoms with van der Waals surface area (Å²) in [5.74, 6) is 0. The van der Waals surface area contributed by atoms with E-state index < -0.39 is 0 Å². The van der Waals surface area contributed by atoms with Crippen molar-refractivity contribution in [2.75, 3.05) is 0 Å². The first-order chi connectivity index (χ1) is 6.72. The van der Waals surface area contributed by atoms with Gasteiger partial charge in [0.25, 0.3) is 5.56 Å². The van der Waals surface area contributed by atoms with E-state index in [1.54, 1.807) is 18.2 Å². The summed E-state index contributed by atoms with van der Waals surface area (Å²) in [5, 5.41) is 8.72. The van der Waals surface area contributed by atoms with Crippen molar-refractivity contribution in [1.29, 1.82) is 0 Å². The number of aryl methyl sites for hydroxylation is 1. The van der Waals surface area contributed by atoms with E-state index in [2.05, 4.69) is 10.3 Å². The van der Waals surface area contributed by atoms with Crippen molar-refractivity contribution in [3.8, 4) is 0 Å². The lowest BCUT2D eigenvalue weighted by molar-refractivity contribution is 0.581. The molecule has 1 heterocycles. The van der Waals surface area contributed by atoms with Crippen molar-refractivity contribution < 1.29 is 0 Å². The Bertz CT molecular complexity index is 535. The average molecular weight is 210 g/mol. The van der Waals surface area contributed by atoms with E-state index >= 15 is 0 Å². The van der Waals surface area contributed by atoms with Crippen LogP contribution in [0, 0.1) is 0 Å². The maximum Gasteiger partial charge on any atom is 0.277 e. The molecule has 0 saturated heterocycles. The molecular formula is C9H8ClN3O. The molecule has 0 aliphatic carbocycles. The molecule has 72 valence electrons. The second-order valence-corrected chi connectivity index (χ2v) is 3.31. The van der Waals surface area contributed by atoms with Crippen molar-refractivity contribution >= 4 is 22.5 Å². The molecule has 1 aromatic heterocycles. The van der Waals surface area contributed by atoms with Crippen LogP contribution >= 0.6 is 11.6 Å². The molecule has 5 heteroatoms. The Morgan fingerprint density at radius 1 is 1.50 bits per heavy atom. The summed E-state index contributed by atoms with van der Waals surface area (Å²) in [6, 6.07) is 4.99. The molecule has 4 nitrogen and oxygen atoms in total. The second-order valence-electron chi connectivity index (χ2n) is 2.87. The largest absolute Gasteiger partial charge is 0.277 e. The molecule has 0 N–H and O–H groups in total. The van der Waals surface area contributed by atoms with Crippen LogP contribution < -0.4 is 5.56 Å². The summed E-state index contributed by atoms with van der Waals surface area (Å²) in [5.41, 5.74) is 0.420. The topological polar surface area (TPSA) is 47.8 Å². The Hall–Kier alpha value is -1.42. The van der Waals surface area contributed by atoms with Crippen LogP contribution in [-0.4, -0.2) is 15.0 Å². The Morgan fingerprint density at radius 2 is 2.29 bits per heavy atom. The van der Waals surface area contributed by atoms with Crippen LogP contribution in [0.4, 0.5) is 0 Å². The SMILES string of the molecule is CCn1nnc2ccc(Cl)cc2c1=O. The van der Waals surface area contributed by atoms with Crippen molar-refractivity contribution in [3.05, 3.63) is 33.6 Å².